The third kappa shape index (κ3) is 2.78. The smallest absolute Gasteiger partial charge is 0.149 e. The minimum absolute atomic E-state index is 0.120. The maximum atomic E-state index is 5.97. The maximum Gasteiger partial charge on any atom is 0.149 e. The van der Waals surface area contributed by atoms with Crippen molar-refractivity contribution in [3.63, 3.8) is 0 Å². The molecule has 0 aliphatic rings. The molecule has 1 heterocycles. The Morgan fingerprint density at radius 3 is 2.76 bits per heavy atom. The Morgan fingerprint density at radius 2 is 2.18 bits per heavy atom. The Bertz CT molecular complexity index is 530. The van der Waals surface area contributed by atoms with Crippen LogP contribution in [0.25, 0.3) is 10.6 Å². The van der Waals surface area contributed by atoms with Crippen LogP contribution in [-0.2, 0) is 0 Å². The topological polar surface area (TPSA) is 35.0 Å². The lowest BCUT2D eigenvalue weighted by Crippen LogP contribution is -1.85. The molecular weight excluding hydrogens is 324 g/mol. The number of aromatic nitrogens is 2. The van der Waals surface area contributed by atoms with Crippen molar-refractivity contribution >= 4 is 38.9 Å². The molecule has 0 aliphatic heterocycles. The first kappa shape index (κ1) is 12.8. The summed E-state index contributed by atoms with van der Waals surface area (Å²) in [6, 6.07) is 5.74. The number of benzene rings is 1. The molecule has 90 valence electrons. The van der Waals surface area contributed by atoms with E-state index in [2.05, 4.69) is 26.1 Å². The molecule has 2 aromatic rings. The molecule has 3 nitrogen and oxygen atoms in total. The van der Waals surface area contributed by atoms with Crippen LogP contribution in [0.1, 0.15) is 17.3 Å². The number of nitrogens with zero attached hydrogens (tertiary/aromatic N) is 2. The van der Waals surface area contributed by atoms with Crippen LogP contribution in [-0.4, -0.2) is 17.3 Å². The van der Waals surface area contributed by atoms with E-state index in [9.17, 15) is 0 Å². The fourth-order valence-electron chi connectivity index (χ4n) is 1.30. The monoisotopic (exact) mass is 332 g/mol. The normalized spacial score (nSPS) is 12.5. The highest BCUT2D eigenvalue weighted by atomic mass is 79.9. The Balaban J connectivity index is 2.44. The molecule has 1 aromatic carbocycles. The van der Waals surface area contributed by atoms with Gasteiger partial charge >= 0.3 is 0 Å². The van der Waals surface area contributed by atoms with Crippen molar-refractivity contribution in [2.45, 2.75) is 12.3 Å². The van der Waals surface area contributed by atoms with E-state index in [1.54, 1.807) is 7.11 Å². The van der Waals surface area contributed by atoms with E-state index < -0.39 is 0 Å². The average molecular weight is 334 g/mol. The summed E-state index contributed by atoms with van der Waals surface area (Å²) < 4.78 is 6.16. The van der Waals surface area contributed by atoms with Gasteiger partial charge in [0.1, 0.15) is 15.8 Å². The fourth-order valence-corrected chi connectivity index (χ4v) is 2.84. The number of halogens is 2. The van der Waals surface area contributed by atoms with Crippen LogP contribution < -0.4 is 4.74 Å². The zero-order valence-corrected chi connectivity index (χ0v) is 12.4. The number of rotatable bonds is 3. The molecule has 0 amide bonds. The molecule has 17 heavy (non-hydrogen) atoms. The average Bonchev–Trinajstić information content (AvgIpc) is 2.79. The van der Waals surface area contributed by atoms with Crippen molar-refractivity contribution in [3.05, 3.63) is 27.7 Å². The Morgan fingerprint density at radius 1 is 1.41 bits per heavy atom. The van der Waals surface area contributed by atoms with Crippen LogP contribution >= 0.6 is 38.9 Å². The van der Waals surface area contributed by atoms with Crippen molar-refractivity contribution in [3.8, 4) is 16.3 Å². The summed E-state index contributed by atoms with van der Waals surface area (Å²) in [7, 11) is 1.64. The van der Waals surface area contributed by atoms with E-state index in [0.29, 0.717) is 0 Å². The number of hydrogen-bond donors (Lipinski definition) is 0. The molecule has 1 atom stereocenters. The number of alkyl halides is 1. The lowest BCUT2D eigenvalue weighted by molar-refractivity contribution is 0.415. The van der Waals surface area contributed by atoms with Gasteiger partial charge in [-0.3, -0.25) is 0 Å². The van der Waals surface area contributed by atoms with Gasteiger partial charge in [0.2, 0.25) is 0 Å². The highest BCUT2D eigenvalue weighted by Crippen LogP contribution is 2.35. The van der Waals surface area contributed by atoms with Crippen LogP contribution in [0.5, 0.6) is 5.75 Å². The minimum Gasteiger partial charge on any atom is -0.497 e. The first-order chi connectivity index (χ1) is 8.11. The Labute approximate surface area is 117 Å². The summed E-state index contributed by atoms with van der Waals surface area (Å²) in [4.78, 5) is 0. The zero-order valence-electron chi connectivity index (χ0n) is 9.28. The quantitative estimate of drug-likeness (QED) is 0.787. The summed E-state index contributed by atoms with van der Waals surface area (Å²) >= 11 is 11.0. The molecule has 0 fully saturated rings. The van der Waals surface area contributed by atoms with E-state index in [1.165, 1.54) is 11.3 Å². The van der Waals surface area contributed by atoms with Gasteiger partial charge in [-0.2, -0.15) is 0 Å². The lowest BCUT2D eigenvalue weighted by Gasteiger charge is -2.03. The summed E-state index contributed by atoms with van der Waals surface area (Å²) in [5.41, 5.74) is 0.963. The lowest BCUT2D eigenvalue weighted by atomic mass is 10.2. The molecule has 0 bridgehead atoms. The van der Waals surface area contributed by atoms with Gasteiger partial charge in [-0.15, -0.1) is 21.8 Å². The molecule has 2 rings (SSSR count). The van der Waals surface area contributed by atoms with E-state index in [4.69, 9.17) is 16.3 Å². The van der Waals surface area contributed by atoms with Crippen LogP contribution in [0.2, 0.25) is 0 Å². The molecule has 1 unspecified atom stereocenters. The first-order valence-electron chi connectivity index (χ1n) is 4.93. The van der Waals surface area contributed by atoms with Crippen LogP contribution in [0.3, 0.4) is 0 Å². The molecule has 0 spiro atoms. The molecule has 0 N–H and O–H groups in total. The fraction of sp³-hybridized carbons (Fsp3) is 0.273. The Kier molecular flexibility index (Phi) is 4.01. The van der Waals surface area contributed by atoms with E-state index >= 15 is 0 Å². The van der Waals surface area contributed by atoms with E-state index in [1.807, 2.05) is 25.1 Å². The third-order valence-electron chi connectivity index (χ3n) is 2.18. The molecule has 6 heteroatoms. The predicted octanol–water partition coefficient (Wildman–Crippen LogP) is 4.28. The van der Waals surface area contributed by atoms with Crippen molar-refractivity contribution in [2.24, 2.45) is 0 Å². The second-order valence-corrected chi connectivity index (χ2v) is 5.93. The van der Waals surface area contributed by atoms with E-state index in [0.717, 1.165) is 25.8 Å². The second-order valence-electron chi connectivity index (χ2n) is 3.41. The molecule has 1 aromatic heterocycles. The van der Waals surface area contributed by atoms with Crippen LogP contribution in [0.4, 0.5) is 0 Å². The van der Waals surface area contributed by atoms with Gasteiger partial charge in [-0.05, 0) is 25.1 Å². The highest BCUT2D eigenvalue weighted by Gasteiger charge is 2.13. The summed E-state index contributed by atoms with van der Waals surface area (Å²) in [6.07, 6.45) is 0. The summed E-state index contributed by atoms with van der Waals surface area (Å²) in [5, 5.41) is 9.73. The largest absolute Gasteiger partial charge is 0.497 e. The van der Waals surface area contributed by atoms with Gasteiger partial charge in [0.25, 0.3) is 0 Å². The number of ether oxygens (including phenoxy) is 1. The third-order valence-corrected chi connectivity index (χ3v) is 4.35. The highest BCUT2D eigenvalue weighted by molar-refractivity contribution is 9.10. The standard InChI is InChI=1S/C11H10BrClN2OS/c1-6(13)10-14-15-11(17-10)8-5-7(16-2)3-4-9(8)12/h3-6H,1-2H3. The molecule has 0 aliphatic carbocycles. The summed E-state index contributed by atoms with van der Waals surface area (Å²) in [5.74, 6) is 0.791. The van der Waals surface area contributed by atoms with E-state index in [-0.39, 0.29) is 5.38 Å². The van der Waals surface area contributed by atoms with Gasteiger partial charge in [0, 0.05) is 10.0 Å². The number of methoxy groups -OCH3 is 1. The van der Waals surface area contributed by atoms with Gasteiger partial charge < -0.3 is 4.74 Å². The second kappa shape index (κ2) is 5.33. The molecule has 0 saturated heterocycles. The maximum absolute atomic E-state index is 5.97. The van der Waals surface area contributed by atoms with Gasteiger partial charge in [0.05, 0.1) is 12.5 Å². The molecular formula is C11H10BrClN2OS. The van der Waals surface area contributed by atoms with Gasteiger partial charge in [0.15, 0.2) is 0 Å². The molecule has 0 saturated carbocycles. The van der Waals surface area contributed by atoms with Gasteiger partial charge in [-0.25, -0.2) is 0 Å². The summed E-state index contributed by atoms with van der Waals surface area (Å²) in [6.45, 7) is 1.88. The van der Waals surface area contributed by atoms with Crippen molar-refractivity contribution < 1.29 is 4.74 Å². The minimum atomic E-state index is -0.120. The zero-order chi connectivity index (χ0) is 12.4. The van der Waals surface area contributed by atoms with Crippen molar-refractivity contribution in [2.75, 3.05) is 7.11 Å². The van der Waals surface area contributed by atoms with Crippen molar-refractivity contribution in [1.29, 1.82) is 0 Å². The van der Waals surface area contributed by atoms with Crippen LogP contribution in [0, 0.1) is 0 Å². The number of hydrogen-bond acceptors (Lipinski definition) is 4. The van der Waals surface area contributed by atoms with Crippen molar-refractivity contribution in [1.82, 2.24) is 10.2 Å². The predicted molar refractivity (Wildman–Crippen MR) is 73.9 cm³/mol. The van der Waals surface area contributed by atoms with Crippen LogP contribution in [0.15, 0.2) is 22.7 Å². The SMILES string of the molecule is COc1ccc(Br)c(-c2nnc(C(C)Cl)s2)c1. The first-order valence-corrected chi connectivity index (χ1v) is 6.98. The Hall–Kier alpha value is -0.650. The molecule has 0 radical (unpaired) electrons. The van der Waals surface area contributed by atoms with Gasteiger partial charge in [-0.1, -0.05) is 27.3 Å².